The van der Waals surface area contributed by atoms with Gasteiger partial charge < -0.3 is 19.3 Å². The molecule has 1 atom stereocenters. The van der Waals surface area contributed by atoms with Gasteiger partial charge in [-0.25, -0.2) is 0 Å². The van der Waals surface area contributed by atoms with Crippen molar-refractivity contribution in [2.45, 2.75) is 19.1 Å². The lowest BCUT2D eigenvalue weighted by molar-refractivity contribution is 0.0488. The van der Waals surface area contributed by atoms with Crippen LogP contribution < -0.4 is 4.74 Å². The largest absolute Gasteiger partial charge is 0.467 e. The summed E-state index contributed by atoms with van der Waals surface area (Å²) in [4.78, 5) is 0. The third-order valence-electron chi connectivity index (χ3n) is 4.49. The third-order valence-corrected chi connectivity index (χ3v) is 4.49. The van der Waals surface area contributed by atoms with E-state index in [1.54, 1.807) is 7.11 Å². The Morgan fingerprint density at radius 2 is 1.54 bits per heavy atom. The molecule has 0 saturated heterocycles. The fourth-order valence-corrected chi connectivity index (χ4v) is 2.96. The number of aliphatic hydroxyl groups is 1. The van der Waals surface area contributed by atoms with Crippen LogP contribution >= 0.6 is 0 Å². The zero-order chi connectivity index (χ0) is 19.6. The first-order valence-corrected chi connectivity index (χ1v) is 9.37. The maximum atomic E-state index is 10.8. The fourth-order valence-electron chi connectivity index (χ4n) is 2.96. The summed E-state index contributed by atoms with van der Waals surface area (Å²) in [6, 6.07) is 25.6. The topological polar surface area (TPSA) is 47.9 Å². The van der Waals surface area contributed by atoms with Crippen molar-refractivity contribution in [1.82, 2.24) is 0 Å². The van der Waals surface area contributed by atoms with Crippen molar-refractivity contribution in [2.75, 3.05) is 20.5 Å². The van der Waals surface area contributed by atoms with Crippen LogP contribution in [0.3, 0.4) is 0 Å². The Morgan fingerprint density at radius 3 is 2.29 bits per heavy atom. The van der Waals surface area contributed by atoms with Gasteiger partial charge in [0.25, 0.3) is 0 Å². The van der Waals surface area contributed by atoms with Crippen LogP contribution in [0.4, 0.5) is 0 Å². The summed E-state index contributed by atoms with van der Waals surface area (Å²) in [5, 5.41) is 10.8. The van der Waals surface area contributed by atoms with Gasteiger partial charge in [-0.3, -0.25) is 0 Å². The second kappa shape index (κ2) is 10.6. The van der Waals surface area contributed by atoms with Crippen molar-refractivity contribution < 1.29 is 19.3 Å². The van der Waals surface area contributed by atoms with Crippen molar-refractivity contribution in [3.63, 3.8) is 0 Å². The number of hydrogen-bond donors (Lipinski definition) is 1. The second-order valence-corrected chi connectivity index (χ2v) is 6.52. The SMILES string of the molecule is COCOc1ccccc1C(O)c1ccc(CCOCc2ccccc2)cc1. The molecule has 3 aromatic carbocycles. The number of rotatable bonds is 10. The van der Waals surface area contributed by atoms with E-state index in [0.29, 0.717) is 19.0 Å². The molecule has 3 aromatic rings. The number of hydrogen-bond acceptors (Lipinski definition) is 4. The Balaban J connectivity index is 1.55. The molecular weight excluding hydrogens is 352 g/mol. The summed E-state index contributed by atoms with van der Waals surface area (Å²) in [6.45, 7) is 1.42. The van der Waals surface area contributed by atoms with Crippen LogP contribution in [0.5, 0.6) is 5.75 Å². The molecular formula is C24H26O4. The Morgan fingerprint density at radius 1 is 0.821 bits per heavy atom. The average molecular weight is 378 g/mol. The van der Waals surface area contributed by atoms with Crippen molar-refractivity contribution in [1.29, 1.82) is 0 Å². The Bertz CT molecular complexity index is 831. The maximum Gasteiger partial charge on any atom is 0.188 e. The molecule has 0 aliphatic carbocycles. The molecule has 0 heterocycles. The predicted octanol–water partition coefficient (Wildman–Crippen LogP) is 4.51. The van der Waals surface area contributed by atoms with Gasteiger partial charge in [0.2, 0.25) is 0 Å². The quantitative estimate of drug-likeness (QED) is 0.417. The van der Waals surface area contributed by atoms with Gasteiger partial charge in [-0.1, -0.05) is 72.8 Å². The lowest BCUT2D eigenvalue weighted by atomic mass is 9.99. The number of aliphatic hydroxyl groups excluding tert-OH is 1. The summed E-state index contributed by atoms with van der Waals surface area (Å²) in [7, 11) is 1.57. The molecule has 0 fully saturated rings. The molecule has 0 bridgehead atoms. The average Bonchev–Trinajstić information content (AvgIpc) is 2.76. The van der Waals surface area contributed by atoms with E-state index in [0.717, 1.165) is 17.5 Å². The highest BCUT2D eigenvalue weighted by Crippen LogP contribution is 2.30. The number of methoxy groups -OCH3 is 1. The fraction of sp³-hybridized carbons (Fsp3) is 0.250. The Kier molecular flexibility index (Phi) is 7.62. The molecule has 0 aromatic heterocycles. The lowest BCUT2D eigenvalue weighted by Gasteiger charge is -2.16. The predicted molar refractivity (Wildman–Crippen MR) is 109 cm³/mol. The molecule has 28 heavy (non-hydrogen) atoms. The zero-order valence-corrected chi connectivity index (χ0v) is 16.1. The van der Waals surface area contributed by atoms with Crippen LogP contribution in [0.25, 0.3) is 0 Å². The molecule has 0 spiro atoms. The zero-order valence-electron chi connectivity index (χ0n) is 16.1. The molecule has 0 aliphatic heterocycles. The highest BCUT2D eigenvalue weighted by molar-refractivity contribution is 5.40. The number of ether oxygens (including phenoxy) is 3. The van der Waals surface area contributed by atoms with Gasteiger partial charge in [-0.05, 0) is 29.2 Å². The smallest absolute Gasteiger partial charge is 0.188 e. The van der Waals surface area contributed by atoms with E-state index in [1.165, 1.54) is 11.1 Å². The summed E-state index contributed by atoms with van der Waals surface area (Å²) < 4.78 is 16.3. The Labute approximate surface area is 166 Å². The van der Waals surface area contributed by atoms with Crippen LogP contribution in [0.15, 0.2) is 78.9 Å². The van der Waals surface area contributed by atoms with Gasteiger partial charge in [0.1, 0.15) is 11.9 Å². The molecule has 0 amide bonds. The van der Waals surface area contributed by atoms with Gasteiger partial charge in [-0.2, -0.15) is 0 Å². The van der Waals surface area contributed by atoms with E-state index >= 15 is 0 Å². The molecule has 4 nitrogen and oxygen atoms in total. The maximum absolute atomic E-state index is 10.8. The number of para-hydroxylation sites is 1. The highest BCUT2D eigenvalue weighted by atomic mass is 16.7. The van der Waals surface area contributed by atoms with Gasteiger partial charge in [-0.15, -0.1) is 0 Å². The second-order valence-electron chi connectivity index (χ2n) is 6.52. The number of benzene rings is 3. The first-order valence-electron chi connectivity index (χ1n) is 9.37. The van der Waals surface area contributed by atoms with Gasteiger partial charge in [0.05, 0.1) is 13.2 Å². The van der Waals surface area contributed by atoms with E-state index in [9.17, 15) is 5.11 Å². The minimum atomic E-state index is -0.753. The van der Waals surface area contributed by atoms with Crippen molar-refractivity contribution in [3.05, 3.63) is 101 Å². The molecule has 0 aliphatic rings. The third kappa shape index (κ3) is 5.67. The van der Waals surface area contributed by atoms with E-state index in [2.05, 4.69) is 12.1 Å². The van der Waals surface area contributed by atoms with Gasteiger partial charge in [0.15, 0.2) is 6.79 Å². The molecule has 3 rings (SSSR count). The summed E-state index contributed by atoms with van der Waals surface area (Å²) in [5.41, 5.74) is 3.89. The standard InChI is InChI=1S/C24H26O4/c1-26-18-28-23-10-6-5-9-22(23)24(25)21-13-11-19(12-14-21)15-16-27-17-20-7-3-2-4-8-20/h2-14,24-25H,15-18H2,1H3. The first-order chi connectivity index (χ1) is 13.8. The van der Waals surface area contributed by atoms with E-state index < -0.39 is 6.10 Å². The molecule has 1 unspecified atom stereocenters. The van der Waals surface area contributed by atoms with Crippen molar-refractivity contribution >= 4 is 0 Å². The van der Waals surface area contributed by atoms with Crippen LogP contribution in [0.1, 0.15) is 28.4 Å². The molecule has 0 saturated carbocycles. The van der Waals surface area contributed by atoms with E-state index in [4.69, 9.17) is 14.2 Å². The van der Waals surface area contributed by atoms with Crippen LogP contribution in [-0.4, -0.2) is 25.6 Å². The molecule has 0 radical (unpaired) electrons. The normalized spacial score (nSPS) is 11.9. The highest BCUT2D eigenvalue weighted by Gasteiger charge is 2.15. The van der Waals surface area contributed by atoms with E-state index in [-0.39, 0.29) is 6.79 Å². The lowest BCUT2D eigenvalue weighted by Crippen LogP contribution is -2.06. The van der Waals surface area contributed by atoms with Gasteiger partial charge >= 0.3 is 0 Å². The summed E-state index contributed by atoms with van der Waals surface area (Å²) in [6.07, 6.45) is 0.0768. The first kappa shape index (κ1) is 20.1. The Hall–Kier alpha value is -2.66. The van der Waals surface area contributed by atoms with E-state index in [1.807, 2.05) is 66.7 Å². The summed E-state index contributed by atoms with van der Waals surface area (Å²) >= 11 is 0. The molecule has 146 valence electrons. The van der Waals surface area contributed by atoms with Crippen molar-refractivity contribution in [2.24, 2.45) is 0 Å². The van der Waals surface area contributed by atoms with Crippen LogP contribution in [-0.2, 0) is 22.5 Å². The van der Waals surface area contributed by atoms with Crippen LogP contribution in [0.2, 0.25) is 0 Å². The van der Waals surface area contributed by atoms with Gasteiger partial charge in [0, 0.05) is 12.7 Å². The monoisotopic (exact) mass is 378 g/mol. The minimum absolute atomic E-state index is 0.144. The molecule has 4 heteroatoms. The summed E-state index contributed by atoms with van der Waals surface area (Å²) in [5.74, 6) is 0.621. The van der Waals surface area contributed by atoms with Crippen molar-refractivity contribution in [3.8, 4) is 5.75 Å². The van der Waals surface area contributed by atoms with Crippen LogP contribution in [0, 0.1) is 0 Å². The molecule has 1 N–H and O–H groups in total. The minimum Gasteiger partial charge on any atom is -0.467 e.